The molecule has 0 fully saturated rings. The molecule has 13 heavy (non-hydrogen) atoms. The molecule has 0 spiro atoms. The summed E-state index contributed by atoms with van der Waals surface area (Å²) in [6, 6.07) is 0. The summed E-state index contributed by atoms with van der Waals surface area (Å²) in [6.45, 7) is 1.54. The van der Waals surface area contributed by atoms with E-state index >= 15 is 0 Å². The van der Waals surface area contributed by atoms with Gasteiger partial charge in [0.15, 0.2) is 0 Å². The summed E-state index contributed by atoms with van der Waals surface area (Å²) in [7, 11) is -0.714. The van der Waals surface area contributed by atoms with E-state index in [2.05, 4.69) is 5.32 Å². The molecule has 0 aromatic carbocycles. The number of hydrogen-bond acceptors (Lipinski definition) is 3. The molecule has 0 saturated carbocycles. The fraction of sp³-hybridized carbons (Fsp3) is 0.875. The molecule has 2 N–H and O–H groups in total. The molecule has 0 aliphatic heterocycles. The summed E-state index contributed by atoms with van der Waals surface area (Å²) >= 11 is 0. The van der Waals surface area contributed by atoms with E-state index in [0.717, 1.165) is 19.5 Å². The lowest BCUT2D eigenvalue weighted by atomic mass is 10.3. The maximum absolute atomic E-state index is 10.6. The number of hydrogen-bond donors (Lipinski definition) is 2. The Bertz CT molecular complexity index is 155. The van der Waals surface area contributed by atoms with Gasteiger partial charge in [-0.05, 0) is 25.9 Å². The smallest absolute Gasteiger partial charge is 0.303 e. The normalized spacial score (nSPS) is 12.7. The average molecular weight is 207 g/mol. The molecular weight excluding hydrogens is 190 g/mol. The van der Waals surface area contributed by atoms with Crippen LogP contribution in [0.25, 0.3) is 0 Å². The highest BCUT2D eigenvalue weighted by molar-refractivity contribution is 7.84. The van der Waals surface area contributed by atoms with Crippen LogP contribution in [0.5, 0.6) is 0 Å². The maximum Gasteiger partial charge on any atom is 0.303 e. The van der Waals surface area contributed by atoms with Crippen molar-refractivity contribution in [3.63, 3.8) is 0 Å². The van der Waals surface area contributed by atoms with Crippen molar-refractivity contribution in [3.8, 4) is 0 Å². The van der Waals surface area contributed by atoms with E-state index in [1.165, 1.54) is 0 Å². The van der Waals surface area contributed by atoms with Crippen molar-refractivity contribution in [2.45, 2.75) is 19.3 Å². The second kappa shape index (κ2) is 8.19. The molecular formula is C8H17NO3S. The van der Waals surface area contributed by atoms with Crippen LogP contribution in [0, 0.1) is 0 Å². The average Bonchev–Trinajstić information content (AvgIpc) is 2.01. The van der Waals surface area contributed by atoms with Gasteiger partial charge in [0, 0.05) is 29.2 Å². The van der Waals surface area contributed by atoms with Gasteiger partial charge in [0.25, 0.3) is 0 Å². The molecule has 0 radical (unpaired) electrons. The predicted octanol–water partition coefficient (Wildman–Crippen LogP) is 0.209. The molecule has 0 aliphatic carbocycles. The fourth-order valence-corrected chi connectivity index (χ4v) is 1.44. The van der Waals surface area contributed by atoms with Gasteiger partial charge in [0.05, 0.1) is 0 Å². The number of aliphatic carboxylic acids is 1. The number of rotatable bonds is 8. The van der Waals surface area contributed by atoms with Crippen molar-refractivity contribution in [3.05, 3.63) is 0 Å². The summed E-state index contributed by atoms with van der Waals surface area (Å²) in [5.74, 6) is -0.0391. The van der Waals surface area contributed by atoms with Crippen molar-refractivity contribution in [1.29, 1.82) is 0 Å². The first-order valence-corrected chi connectivity index (χ1v) is 6.08. The Hall–Kier alpha value is -0.420. The fourth-order valence-electron chi connectivity index (χ4n) is 0.890. The summed E-state index contributed by atoms with van der Waals surface area (Å²) in [5, 5.41) is 11.4. The van der Waals surface area contributed by atoms with E-state index in [9.17, 15) is 9.00 Å². The van der Waals surface area contributed by atoms with Gasteiger partial charge in [-0.1, -0.05) is 0 Å². The summed E-state index contributed by atoms with van der Waals surface area (Å²) in [4.78, 5) is 10.1. The Morgan fingerprint density at radius 3 is 2.54 bits per heavy atom. The molecule has 0 aromatic heterocycles. The van der Waals surface area contributed by atoms with E-state index in [1.807, 2.05) is 0 Å². The van der Waals surface area contributed by atoms with Crippen molar-refractivity contribution >= 4 is 16.8 Å². The molecule has 0 rings (SSSR count). The monoisotopic (exact) mass is 207 g/mol. The molecule has 0 saturated heterocycles. The van der Waals surface area contributed by atoms with E-state index in [0.29, 0.717) is 12.2 Å². The minimum absolute atomic E-state index is 0.215. The molecule has 0 heterocycles. The van der Waals surface area contributed by atoms with Gasteiger partial charge in [0.1, 0.15) is 0 Å². The minimum Gasteiger partial charge on any atom is -0.481 e. The quantitative estimate of drug-likeness (QED) is 0.558. The molecule has 1 unspecified atom stereocenters. The molecule has 4 nitrogen and oxygen atoms in total. The molecule has 5 heteroatoms. The number of carboxylic acid groups (broad SMARTS) is 1. The summed E-state index contributed by atoms with van der Waals surface area (Å²) in [6.07, 6.45) is 3.44. The number of carboxylic acids is 1. The first-order chi connectivity index (χ1) is 6.13. The van der Waals surface area contributed by atoms with Gasteiger partial charge in [-0.3, -0.25) is 9.00 Å². The Balaban J connectivity index is 3.00. The van der Waals surface area contributed by atoms with Crippen molar-refractivity contribution < 1.29 is 14.1 Å². The van der Waals surface area contributed by atoms with E-state index in [-0.39, 0.29) is 6.42 Å². The third kappa shape index (κ3) is 11.6. The summed E-state index contributed by atoms with van der Waals surface area (Å²) < 4.78 is 10.6. The van der Waals surface area contributed by atoms with Crippen molar-refractivity contribution in [2.75, 3.05) is 25.1 Å². The first kappa shape index (κ1) is 12.6. The van der Waals surface area contributed by atoms with Gasteiger partial charge in [-0.15, -0.1) is 0 Å². The first-order valence-electron chi connectivity index (χ1n) is 4.35. The van der Waals surface area contributed by atoms with Gasteiger partial charge in [-0.2, -0.15) is 0 Å². The van der Waals surface area contributed by atoms with Crippen LogP contribution < -0.4 is 5.32 Å². The van der Waals surface area contributed by atoms with Crippen LogP contribution in [-0.4, -0.2) is 40.4 Å². The van der Waals surface area contributed by atoms with Crippen LogP contribution in [0.2, 0.25) is 0 Å². The van der Waals surface area contributed by atoms with E-state index < -0.39 is 16.8 Å². The Morgan fingerprint density at radius 1 is 1.38 bits per heavy atom. The van der Waals surface area contributed by atoms with Crippen LogP contribution in [0.4, 0.5) is 0 Å². The lowest BCUT2D eigenvalue weighted by Gasteiger charge is -2.01. The molecule has 0 amide bonds. The molecule has 0 bridgehead atoms. The van der Waals surface area contributed by atoms with Crippen LogP contribution in [0.15, 0.2) is 0 Å². The van der Waals surface area contributed by atoms with Crippen LogP contribution >= 0.6 is 0 Å². The van der Waals surface area contributed by atoms with Crippen LogP contribution in [0.1, 0.15) is 19.3 Å². The van der Waals surface area contributed by atoms with Crippen molar-refractivity contribution in [1.82, 2.24) is 5.32 Å². The van der Waals surface area contributed by atoms with Gasteiger partial charge < -0.3 is 10.4 Å². The Labute approximate surface area is 81.2 Å². The predicted molar refractivity (Wildman–Crippen MR) is 53.3 cm³/mol. The molecule has 0 aliphatic rings. The lowest BCUT2D eigenvalue weighted by Crippen LogP contribution is -2.19. The van der Waals surface area contributed by atoms with Gasteiger partial charge >= 0.3 is 5.97 Å². The Morgan fingerprint density at radius 2 is 2.00 bits per heavy atom. The topological polar surface area (TPSA) is 66.4 Å². The third-order valence-corrected chi connectivity index (χ3v) is 2.39. The zero-order valence-corrected chi connectivity index (χ0v) is 8.73. The standard InChI is InChI=1S/C8H17NO3S/c1-13(12)7-3-6-9-5-2-4-8(10)11/h9H,2-7H2,1H3,(H,10,11). The summed E-state index contributed by atoms with van der Waals surface area (Å²) in [5.41, 5.74) is 0. The number of nitrogens with one attached hydrogen (secondary N) is 1. The third-order valence-electron chi connectivity index (χ3n) is 1.53. The van der Waals surface area contributed by atoms with Crippen LogP contribution in [0.3, 0.4) is 0 Å². The molecule has 78 valence electrons. The van der Waals surface area contributed by atoms with E-state index in [1.54, 1.807) is 6.26 Å². The highest BCUT2D eigenvalue weighted by Crippen LogP contribution is 1.87. The van der Waals surface area contributed by atoms with Gasteiger partial charge in [-0.25, -0.2) is 0 Å². The second-order valence-corrected chi connectivity index (χ2v) is 4.43. The van der Waals surface area contributed by atoms with Crippen molar-refractivity contribution in [2.24, 2.45) is 0 Å². The highest BCUT2D eigenvalue weighted by Gasteiger charge is 1.95. The number of carbonyl (C=O) groups is 1. The largest absolute Gasteiger partial charge is 0.481 e. The minimum atomic E-state index is -0.753. The lowest BCUT2D eigenvalue weighted by molar-refractivity contribution is -0.137. The second-order valence-electron chi connectivity index (χ2n) is 2.88. The molecule has 0 aromatic rings. The zero-order valence-electron chi connectivity index (χ0n) is 7.91. The SMILES string of the molecule is CS(=O)CCCNCCCC(=O)O. The maximum atomic E-state index is 10.6. The van der Waals surface area contributed by atoms with Gasteiger partial charge in [0.2, 0.25) is 0 Å². The zero-order chi connectivity index (χ0) is 10.1. The highest BCUT2D eigenvalue weighted by atomic mass is 32.2. The van der Waals surface area contributed by atoms with Crippen LogP contribution in [-0.2, 0) is 15.6 Å². The van der Waals surface area contributed by atoms with E-state index in [4.69, 9.17) is 5.11 Å². The molecule has 1 atom stereocenters. The Kier molecular flexibility index (Phi) is 7.93.